The van der Waals surface area contributed by atoms with Gasteiger partial charge in [0.1, 0.15) is 5.75 Å². The van der Waals surface area contributed by atoms with Gasteiger partial charge in [0, 0.05) is 6.54 Å². The zero-order valence-corrected chi connectivity index (χ0v) is 12.5. The van der Waals surface area contributed by atoms with Crippen LogP contribution in [0.3, 0.4) is 0 Å². The Morgan fingerprint density at radius 1 is 1.55 bits per heavy atom. The number of nitrogens with zero attached hydrogens (tertiary/aromatic N) is 1. The van der Waals surface area contributed by atoms with Crippen LogP contribution in [-0.2, 0) is 4.79 Å². The molecule has 2 unspecified atom stereocenters. The summed E-state index contributed by atoms with van der Waals surface area (Å²) in [6.45, 7) is 6.37. The Kier molecular flexibility index (Phi) is 4.04. The molecule has 3 N–H and O–H groups in total. The standard InChI is InChI=1S/C16H24N2O2/c1-4-18(15(20)16(3,17)13-8-9-13)11(2)12-6-5-7-14(19)10-12/h5-7,10-11,13,19H,4,8-9,17H2,1-3H3. The first-order chi connectivity index (χ1) is 9.37. The van der Waals surface area contributed by atoms with Crippen LogP contribution in [0.2, 0.25) is 0 Å². The van der Waals surface area contributed by atoms with Gasteiger partial charge in [0.15, 0.2) is 0 Å². The fourth-order valence-electron chi connectivity index (χ4n) is 2.73. The quantitative estimate of drug-likeness (QED) is 0.868. The summed E-state index contributed by atoms with van der Waals surface area (Å²) >= 11 is 0. The normalized spacial score (nSPS) is 19.2. The number of carbonyl (C=O) groups excluding carboxylic acids is 1. The Hall–Kier alpha value is -1.55. The van der Waals surface area contributed by atoms with Crippen LogP contribution in [-0.4, -0.2) is 28.0 Å². The minimum Gasteiger partial charge on any atom is -0.508 e. The lowest BCUT2D eigenvalue weighted by atomic mass is 9.93. The second-order valence-corrected chi connectivity index (χ2v) is 5.92. The largest absolute Gasteiger partial charge is 0.508 e. The number of hydrogen-bond acceptors (Lipinski definition) is 3. The fraction of sp³-hybridized carbons (Fsp3) is 0.562. The van der Waals surface area contributed by atoms with Crippen molar-refractivity contribution in [3.05, 3.63) is 29.8 Å². The first-order valence-corrected chi connectivity index (χ1v) is 7.26. The second-order valence-electron chi connectivity index (χ2n) is 5.92. The average molecular weight is 276 g/mol. The third-order valence-electron chi connectivity index (χ3n) is 4.31. The van der Waals surface area contributed by atoms with Crippen LogP contribution < -0.4 is 5.73 Å². The molecule has 2 atom stereocenters. The van der Waals surface area contributed by atoms with Gasteiger partial charge in [-0.1, -0.05) is 12.1 Å². The summed E-state index contributed by atoms with van der Waals surface area (Å²) in [6.07, 6.45) is 2.08. The lowest BCUT2D eigenvalue weighted by Crippen LogP contribution is -2.55. The van der Waals surface area contributed by atoms with Crippen LogP contribution in [0, 0.1) is 5.92 Å². The van der Waals surface area contributed by atoms with Gasteiger partial charge in [-0.3, -0.25) is 4.79 Å². The zero-order valence-electron chi connectivity index (χ0n) is 12.5. The molecular formula is C16H24N2O2. The summed E-state index contributed by atoms with van der Waals surface area (Å²) in [4.78, 5) is 14.5. The molecule has 4 nitrogen and oxygen atoms in total. The molecule has 0 aliphatic heterocycles. The Balaban J connectivity index is 2.21. The molecule has 2 rings (SSSR count). The molecule has 1 aromatic carbocycles. The third kappa shape index (κ3) is 2.80. The lowest BCUT2D eigenvalue weighted by molar-refractivity contribution is -0.139. The molecule has 1 aliphatic carbocycles. The molecule has 20 heavy (non-hydrogen) atoms. The van der Waals surface area contributed by atoms with Gasteiger partial charge in [0.25, 0.3) is 0 Å². The van der Waals surface area contributed by atoms with E-state index in [0.717, 1.165) is 18.4 Å². The van der Waals surface area contributed by atoms with Crippen LogP contribution in [0.4, 0.5) is 0 Å². The van der Waals surface area contributed by atoms with Crippen molar-refractivity contribution in [1.29, 1.82) is 0 Å². The summed E-state index contributed by atoms with van der Waals surface area (Å²) < 4.78 is 0. The van der Waals surface area contributed by atoms with Gasteiger partial charge in [-0.15, -0.1) is 0 Å². The maximum atomic E-state index is 12.7. The van der Waals surface area contributed by atoms with Crippen LogP contribution in [0.5, 0.6) is 5.75 Å². The predicted octanol–water partition coefficient (Wildman–Crippen LogP) is 2.43. The van der Waals surface area contributed by atoms with Gasteiger partial charge < -0.3 is 15.7 Å². The van der Waals surface area contributed by atoms with Crippen molar-refractivity contribution in [3.8, 4) is 5.75 Å². The number of phenolic OH excluding ortho intramolecular Hbond substituents is 1. The number of benzene rings is 1. The smallest absolute Gasteiger partial charge is 0.243 e. The van der Waals surface area contributed by atoms with E-state index in [4.69, 9.17) is 5.73 Å². The summed E-state index contributed by atoms with van der Waals surface area (Å²) in [7, 11) is 0. The van der Waals surface area contributed by atoms with Gasteiger partial charge in [-0.2, -0.15) is 0 Å². The van der Waals surface area contributed by atoms with Crippen molar-refractivity contribution in [2.24, 2.45) is 11.7 Å². The number of phenols is 1. The zero-order chi connectivity index (χ0) is 14.9. The molecule has 1 saturated carbocycles. The molecule has 1 aliphatic rings. The molecule has 110 valence electrons. The third-order valence-corrected chi connectivity index (χ3v) is 4.31. The van der Waals surface area contributed by atoms with Crippen LogP contribution in [0.15, 0.2) is 24.3 Å². The van der Waals surface area contributed by atoms with Crippen molar-refractivity contribution in [1.82, 2.24) is 4.90 Å². The number of nitrogens with two attached hydrogens (primary N) is 1. The van der Waals surface area contributed by atoms with Gasteiger partial charge in [-0.25, -0.2) is 0 Å². The van der Waals surface area contributed by atoms with Crippen molar-refractivity contribution in [3.63, 3.8) is 0 Å². The SMILES string of the molecule is CCN(C(=O)C(C)(N)C1CC1)C(C)c1cccc(O)c1. The van der Waals surface area contributed by atoms with E-state index in [9.17, 15) is 9.90 Å². The minimum atomic E-state index is -0.777. The van der Waals surface area contributed by atoms with Gasteiger partial charge >= 0.3 is 0 Å². The lowest BCUT2D eigenvalue weighted by Gasteiger charge is -2.35. The van der Waals surface area contributed by atoms with E-state index in [1.54, 1.807) is 23.1 Å². The maximum absolute atomic E-state index is 12.7. The van der Waals surface area contributed by atoms with Crippen LogP contribution >= 0.6 is 0 Å². The highest BCUT2D eigenvalue weighted by atomic mass is 16.3. The maximum Gasteiger partial charge on any atom is 0.243 e. The van der Waals surface area contributed by atoms with E-state index in [2.05, 4.69) is 0 Å². The Morgan fingerprint density at radius 2 is 2.20 bits per heavy atom. The summed E-state index contributed by atoms with van der Waals surface area (Å²) in [5, 5.41) is 9.58. The Labute approximate surface area is 120 Å². The highest BCUT2D eigenvalue weighted by Crippen LogP contribution is 2.40. The van der Waals surface area contributed by atoms with E-state index in [1.807, 2.05) is 26.8 Å². The molecule has 0 heterocycles. The molecule has 0 saturated heterocycles. The molecule has 1 fully saturated rings. The summed E-state index contributed by atoms with van der Waals surface area (Å²) in [5.74, 6) is 0.523. The number of rotatable bonds is 5. The first-order valence-electron chi connectivity index (χ1n) is 7.26. The number of likely N-dealkylation sites (N-methyl/N-ethyl adjacent to an activating group) is 1. The molecule has 0 radical (unpaired) electrons. The van der Waals surface area contributed by atoms with E-state index >= 15 is 0 Å². The van der Waals surface area contributed by atoms with Crippen molar-refractivity contribution in [2.75, 3.05) is 6.54 Å². The number of hydrogen-bond donors (Lipinski definition) is 2. The predicted molar refractivity (Wildman–Crippen MR) is 79.2 cm³/mol. The van der Waals surface area contributed by atoms with Crippen LogP contribution in [0.1, 0.15) is 45.2 Å². The number of amides is 1. The molecular weight excluding hydrogens is 252 g/mol. The van der Waals surface area contributed by atoms with Gasteiger partial charge in [0.05, 0.1) is 11.6 Å². The van der Waals surface area contributed by atoms with Crippen molar-refractivity contribution >= 4 is 5.91 Å². The monoisotopic (exact) mass is 276 g/mol. The van der Waals surface area contributed by atoms with E-state index < -0.39 is 5.54 Å². The van der Waals surface area contributed by atoms with Gasteiger partial charge in [0.2, 0.25) is 5.91 Å². The molecule has 1 aromatic rings. The molecule has 0 bridgehead atoms. The summed E-state index contributed by atoms with van der Waals surface area (Å²) in [6, 6.07) is 6.95. The summed E-state index contributed by atoms with van der Waals surface area (Å²) in [5.41, 5.74) is 6.39. The average Bonchev–Trinajstić information content (AvgIpc) is 3.23. The second kappa shape index (κ2) is 5.44. The topological polar surface area (TPSA) is 66.6 Å². The molecule has 4 heteroatoms. The van der Waals surface area contributed by atoms with E-state index in [1.165, 1.54) is 0 Å². The fourth-order valence-corrected chi connectivity index (χ4v) is 2.73. The van der Waals surface area contributed by atoms with Gasteiger partial charge in [-0.05, 0) is 57.2 Å². The molecule has 0 spiro atoms. The Morgan fingerprint density at radius 3 is 2.70 bits per heavy atom. The first kappa shape index (κ1) is 14.9. The van der Waals surface area contributed by atoms with E-state index in [0.29, 0.717) is 12.5 Å². The Bertz CT molecular complexity index is 495. The number of aromatic hydroxyl groups is 1. The van der Waals surface area contributed by atoms with E-state index in [-0.39, 0.29) is 17.7 Å². The van der Waals surface area contributed by atoms with Crippen molar-refractivity contribution < 1.29 is 9.90 Å². The molecule has 1 amide bonds. The molecule has 0 aromatic heterocycles. The highest BCUT2D eigenvalue weighted by molar-refractivity contribution is 5.86. The number of carbonyl (C=O) groups is 1. The van der Waals surface area contributed by atoms with Crippen molar-refractivity contribution in [2.45, 2.75) is 45.2 Å². The minimum absolute atomic E-state index is 0.00153. The highest BCUT2D eigenvalue weighted by Gasteiger charge is 2.46. The van der Waals surface area contributed by atoms with Crippen LogP contribution in [0.25, 0.3) is 0 Å².